The third-order valence-corrected chi connectivity index (χ3v) is 6.40. The van der Waals surface area contributed by atoms with E-state index in [1.54, 1.807) is 25.3 Å². The fourth-order valence-electron chi connectivity index (χ4n) is 3.59. The molecule has 0 saturated carbocycles. The van der Waals surface area contributed by atoms with E-state index < -0.39 is 0 Å². The number of anilines is 3. The molecular weight excluding hydrogens is 450 g/mol. The molecule has 2 N–H and O–H groups in total. The van der Waals surface area contributed by atoms with Gasteiger partial charge in [0, 0.05) is 11.3 Å². The van der Waals surface area contributed by atoms with Gasteiger partial charge >= 0.3 is 0 Å². The van der Waals surface area contributed by atoms with Crippen molar-refractivity contribution in [2.75, 3.05) is 17.7 Å². The Labute approximate surface area is 198 Å². The van der Waals surface area contributed by atoms with Crippen molar-refractivity contribution < 1.29 is 9.53 Å². The van der Waals surface area contributed by atoms with Crippen LogP contribution in [0.2, 0.25) is 0 Å². The lowest BCUT2D eigenvalue weighted by molar-refractivity contribution is 0.102. The third kappa shape index (κ3) is 3.97. The second-order valence-electron chi connectivity index (χ2n) is 7.83. The standard InChI is InChI=1S/C25H21N5O3S/c1-14-8-10-17(12-15(14)2)26-22(31)16-9-11-18-20(13-16)28-25-30(23(18)32)29-24(34-25)27-19-6-4-5-7-21(19)33-3/h4-13H,1-3H3,(H,26,31)(H,27,29). The smallest absolute Gasteiger partial charge is 0.283 e. The molecule has 0 atom stereocenters. The number of benzene rings is 3. The Hall–Kier alpha value is -4.24. The van der Waals surface area contributed by atoms with Gasteiger partial charge in [-0.3, -0.25) is 9.59 Å². The Morgan fingerprint density at radius 2 is 1.85 bits per heavy atom. The van der Waals surface area contributed by atoms with Crippen LogP contribution in [-0.4, -0.2) is 27.6 Å². The number of hydrogen-bond acceptors (Lipinski definition) is 7. The summed E-state index contributed by atoms with van der Waals surface area (Å²) in [6, 6.07) is 18.0. The summed E-state index contributed by atoms with van der Waals surface area (Å²) in [5.74, 6) is 0.390. The van der Waals surface area contributed by atoms with Crippen LogP contribution < -0.4 is 20.9 Å². The van der Waals surface area contributed by atoms with E-state index in [-0.39, 0.29) is 11.5 Å². The van der Waals surface area contributed by atoms with E-state index >= 15 is 0 Å². The van der Waals surface area contributed by atoms with Gasteiger partial charge in [0.15, 0.2) is 0 Å². The first-order valence-corrected chi connectivity index (χ1v) is 11.4. The van der Waals surface area contributed by atoms with Crippen LogP contribution in [0.25, 0.3) is 15.9 Å². The number of carbonyl (C=O) groups excluding carboxylic acids is 1. The van der Waals surface area contributed by atoms with Gasteiger partial charge in [-0.05, 0) is 67.4 Å². The first-order chi connectivity index (χ1) is 16.4. The average Bonchev–Trinajstić information content (AvgIpc) is 3.24. The van der Waals surface area contributed by atoms with E-state index in [0.29, 0.717) is 38.0 Å². The molecule has 1 amide bonds. The number of nitrogens with one attached hydrogen (secondary N) is 2. The summed E-state index contributed by atoms with van der Waals surface area (Å²) < 4.78 is 6.62. The molecule has 5 aromatic rings. The van der Waals surface area contributed by atoms with Crippen LogP contribution in [-0.2, 0) is 0 Å². The van der Waals surface area contributed by atoms with Gasteiger partial charge in [-0.1, -0.05) is 29.5 Å². The molecule has 0 aliphatic rings. The molecule has 0 aliphatic carbocycles. The molecule has 3 aromatic carbocycles. The molecule has 0 bridgehead atoms. The number of methoxy groups -OCH3 is 1. The number of amides is 1. The molecule has 8 nitrogen and oxygen atoms in total. The minimum Gasteiger partial charge on any atom is -0.495 e. The van der Waals surface area contributed by atoms with E-state index in [4.69, 9.17) is 4.74 Å². The number of para-hydroxylation sites is 2. The quantitative estimate of drug-likeness (QED) is 0.377. The molecule has 0 unspecified atom stereocenters. The summed E-state index contributed by atoms with van der Waals surface area (Å²) in [6.45, 7) is 4.02. The maximum absolute atomic E-state index is 13.0. The fourth-order valence-corrected chi connectivity index (χ4v) is 4.40. The molecule has 0 aliphatic heterocycles. The number of aromatic nitrogens is 3. The van der Waals surface area contributed by atoms with Crippen molar-refractivity contribution in [2.45, 2.75) is 13.8 Å². The lowest BCUT2D eigenvalue weighted by atomic mass is 10.1. The van der Waals surface area contributed by atoms with Gasteiger partial charge in [-0.15, -0.1) is 5.10 Å². The van der Waals surface area contributed by atoms with Gasteiger partial charge in [0.05, 0.1) is 23.7 Å². The van der Waals surface area contributed by atoms with Gasteiger partial charge in [0.2, 0.25) is 10.1 Å². The Morgan fingerprint density at radius 3 is 2.65 bits per heavy atom. The molecule has 0 fully saturated rings. The monoisotopic (exact) mass is 471 g/mol. The van der Waals surface area contributed by atoms with E-state index in [2.05, 4.69) is 20.7 Å². The van der Waals surface area contributed by atoms with Crippen molar-refractivity contribution in [3.05, 3.63) is 87.7 Å². The zero-order valence-electron chi connectivity index (χ0n) is 18.7. The number of aryl methyl sites for hydroxylation is 2. The van der Waals surface area contributed by atoms with Crippen molar-refractivity contribution in [1.29, 1.82) is 0 Å². The Morgan fingerprint density at radius 1 is 1.03 bits per heavy atom. The number of ether oxygens (including phenoxy) is 1. The fraction of sp³-hybridized carbons (Fsp3) is 0.120. The molecule has 5 rings (SSSR count). The summed E-state index contributed by atoms with van der Waals surface area (Å²) in [4.78, 5) is 30.9. The van der Waals surface area contributed by atoms with Crippen LogP contribution in [0.4, 0.5) is 16.5 Å². The lowest BCUT2D eigenvalue weighted by Gasteiger charge is -2.08. The zero-order chi connectivity index (χ0) is 23.8. The van der Waals surface area contributed by atoms with E-state index in [9.17, 15) is 9.59 Å². The Kier molecular flexibility index (Phi) is 5.46. The van der Waals surface area contributed by atoms with Crippen LogP contribution in [0.3, 0.4) is 0 Å². The number of fused-ring (bicyclic) bond motifs is 2. The van der Waals surface area contributed by atoms with E-state index in [1.165, 1.54) is 15.9 Å². The molecule has 0 spiro atoms. The van der Waals surface area contributed by atoms with E-state index in [0.717, 1.165) is 16.8 Å². The minimum absolute atomic E-state index is 0.269. The first-order valence-electron chi connectivity index (χ1n) is 10.6. The first kappa shape index (κ1) is 21.6. The molecule has 2 heterocycles. The van der Waals surface area contributed by atoms with Crippen LogP contribution >= 0.6 is 11.3 Å². The number of nitrogens with zero attached hydrogens (tertiary/aromatic N) is 3. The van der Waals surface area contributed by atoms with E-state index in [1.807, 2.05) is 56.3 Å². The molecule has 34 heavy (non-hydrogen) atoms. The molecule has 170 valence electrons. The average molecular weight is 472 g/mol. The Balaban J connectivity index is 1.48. The van der Waals surface area contributed by atoms with Crippen LogP contribution in [0, 0.1) is 13.8 Å². The predicted molar refractivity (Wildman–Crippen MR) is 135 cm³/mol. The summed E-state index contributed by atoms with van der Waals surface area (Å²) in [5, 5.41) is 11.3. The molecule has 0 saturated heterocycles. The Bertz CT molecular complexity index is 1620. The highest BCUT2D eigenvalue weighted by Gasteiger charge is 2.15. The maximum Gasteiger partial charge on any atom is 0.283 e. The summed E-state index contributed by atoms with van der Waals surface area (Å²) in [5.41, 5.74) is 4.24. The minimum atomic E-state index is -0.301. The highest BCUT2D eigenvalue weighted by Crippen LogP contribution is 2.29. The van der Waals surface area contributed by atoms with Gasteiger partial charge in [-0.25, -0.2) is 4.98 Å². The lowest BCUT2D eigenvalue weighted by Crippen LogP contribution is -2.17. The van der Waals surface area contributed by atoms with Gasteiger partial charge < -0.3 is 15.4 Å². The highest BCUT2D eigenvalue weighted by molar-refractivity contribution is 7.20. The second kappa shape index (κ2) is 8.60. The van der Waals surface area contributed by atoms with Crippen LogP contribution in [0.15, 0.2) is 65.5 Å². The van der Waals surface area contributed by atoms with Crippen molar-refractivity contribution in [1.82, 2.24) is 14.6 Å². The number of carbonyl (C=O) groups is 1. The third-order valence-electron chi connectivity index (χ3n) is 5.57. The SMILES string of the molecule is COc1ccccc1Nc1nn2c(=O)c3ccc(C(=O)Nc4ccc(C)c(C)c4)cc3nc2s1. The maximum atomic E-state index is 13.0. The zero-order valence-corrected chi connectivity index (χ0v) is 19.6. The van der Waals surface area contributed by atoms with Crippen LogP contribution in [0.5, 0.6) is 5.75 Å². The van der Waals surface area contributed by atoms with Crippen molar-refractivity contribution >= 4 is 49.6 Å². The number of rotatable bonds is 5. The van der Waals surface area contributed by atoms with Gasteiger partial charge in [-0.2, -0.15) is 4.52 Å². The molecule has 9 heteroatoms. The van der Waals surface area contributed by atoms with Crippen molar-refractivity contribution in [3.8, 4) is 5.75 Å². The molecular formula is C25H21N5O3S. The summed E-state index contributed by atoms with van der Waals surface area (Å²) in [7, 11) is 1.59. The highest BCUT2D eigenvalue weighted by atomic mass is 32.1. The van der Waals surface area contributed by atoms with Gasteiger partial charge in [0.25, 0.3) is 11.5 Å². The van der Waals surface area contributed by atoms with Gasteiger partial charge in [0.1, 0.15) is 5.75 Å². The summed E-state index contributed by atoms with van der Waals surface area (Å²) in [6.07, 6.45) is 0. The topological polar surface area (TPSA) is 97.6 Å². The molecule has 0 radical (unpaired) electrons. The van der Waals surface area contributed by atoms with Crippen molar-refractivity contribution in [2.24, 2.45) is 0 Å². The predicted octanol–water partition coefficient (Wildman–Crippen LogP) is 4.93. The second-order valence-corrected chi connectivity index (χ2v) is 8.78. The summed E-state index contributed by atoms with van der Waals surface area (Å²) >= 11 is 1.23. The normalized spacial score (nSPS) is 11.0. The molecule has 2 aromatic heterocycles. The van der Waals surface area contributed by atoms with Crippen LogP contribution in [0.1, 0.15) is 21.5 Å². The number of hydrogen-bond donors (Lipinski definition) is 2. The largest absolute Gasteiger partial charge is 0.495 e. The van der Waals surface area contributed by atoms with Crippen molar-refractivity contribution in [3.63, 3.8) is 0 Å².